The Morgan fingerprint density at radius 3 is 2.36 bits per heavy atom. The van der Waals surface area contributed by atoms with Crippen LogP contribution in [0.2, 0.25) is 0 Å². The number of oxazole rings is 1. The van der Waals surface area contributed by atoms with Crippen LogP contribution in [-0.2, 0) is 13.5 Å². The van der Waals surface area contributed by atoms with Gasteiger partial charge in [-0.2, -0.15) is 5.26 Å². The molecular weight excluding hydrogens is 312 g/mol. The van der Waals surface area contributed by atoms with E-state index in [1.54, 1.807) is 7.05 Å². The minimum Gasteiger partial charge on any atom is -0.408 e. The number of aryl methyl sites for hydroxylation is 1. The van der Waals surface area contributed by atoms with Gasteiger partial charge in [-0.3, -0.25) is 4.57 Å². The van der Waals surface area contributed by atoms with Crippen molar-refractivity contribution in [1.82, 2.24) is 4.57 Å². The molecule has 0 N–H and O–H groups in total. The molecular formula is C21H26N2O2. The minimum absolute atomic E-state index is 0. The molecule has 0 bridgehead atoms. The number of nitriles is 1. The van der Waals surface area contributed by atoms with E-state index in [4.69, 9.17) is 9.68 Å². The fraction of sp³-hybridized carbons (Fsp3) is 0.333. The Bertz CT molecular complexity index is 933. The van der Waals surface area contributed by atoms with Gasteiger partial charge in [0.15, 0.2) is 5.58 Å². The predicted octanol–water partition coefficient (Wildman–Crippen LogP) is 5.16. The summed E-state index contributed by atoms with van der Waals surface area (Å²) in [6, 6.07) is 16.1. The third kappa shape index (κ3) is 4.39. The van der Waals surface area contributed by atoms with Crippen molar-refractivity contribution in [3.63, 3.8) is 0 Å². The van der Waals surface area contributed by atoms with Gasteiger partial charge in [0.25, 0.3) is 0 Å². The van der Waals surface area contributed by atoms with E-state index in [1.807, 2.05) is 49.4 Å². The van der Waals surface area contributed by atoms with E-state index in [-0.39, 0.29) is 13.1 Å². The van der Waals surface area contributed by atoms with Gasteiger partial charge in [0, 0.05) is 14.4 Å². The van der Waals surface area contributed by atoms with Crippen LogP contribution in [0.4, 0.5) is 0 Å². The van der Waals surface area contributed by atoms with Gasteiger partial charge in [-0.1, -0.05) is 50.6 Å². The molecule has 4 heteroatoms. The molecule has 1 aromatic heterocycles. The normalized spacial score (nSPS) is 11.5. The maximum atomic E-state index is 11.5. The van der Waals surface area contributed by atoms with E-state index in [1.165, 1.54) is 11.0 Å². The first-order valence-corrected chi connectivity index (χ1v) is 8.58. The lowest BCUT2D eigenvalue weighted by Crippen LogP contribution is -2.08. The molecule has 0 saturated heterocycles. The first kappa shape index (κ1) is 18.5. The average Bonchev–Trinajstić information content (AvgIpc) is 2.90. The van der Waals surface area contributed by atoms with E-state index in [9.17, 15) is 4.79 Å². The zero-order valence-electron chi connectivity index (χ0n) is 15.2. The lowest BCUT2D eigenvalue weighted by molar-refractivity contribution is 0.528. The second kappa shape index (κ2) is 8.34. The Kier molecular flexibility index (Phi) is 6.19. The molecule has 1 heterocycles. The summed E-state index contributed by atoms with van der Waals surface area (Å²) in [5.41, 5.74) is 4.63. The molecule has 132 valence electrons. The quantitative estimate of drug-likeness (QED) is 0.662. The summed E-state index contributed by atoms with van der Waals surface area (Å²) in [6.07, 6.45) is 2.01. The smallest absolute Gasteiger partial charge is 0.408 e. The standard InChI is InChI=1S/C18H16N2O2.C3H8.H2/c1-12(11-19)9-13-3-5-14(6-4-13)15-7-8-17-16(10-15)20(2)18(21)22-17;1-3-2;/h3-8,10,12H,9H2,1-2H3;3H2,1-2H3;1H/t12-;;/m0../s1. The minimum atomic E-state index is -0.354. The maximum absolute atomic E-state index is 11.5. The fourth-order valence-corrected chi connectivity index (χ4v) is 2.54. The van der Waals surface area contributed by atoms with Gasteiger partial charge in [-0.15, -0.1) is 0 Å². The van der Waals surface area contributed by atoms with Gasteiger partial charge in [0.2, 0.25) is 0 Å². The van der Waals surface area contributed by atoms with Crippen molar-refractivity contribution in [2.75, 3.05) is 0 Å². The number of fused-ring (bicyclic) bond motifs is 1. The highest BCUT2D eigenvalue weighted by Crippen LogP contribution is 2.24. The molecule has 0 aliphatic rings. The topological polar surface area (TPSA) is 58.9 Å². The zero-order chi connectivity index (χ0) is 18.4. The van der Waals surface area contributed by atoms with Crippen LogP contribution in [0.5, 0.6) is 0 Å². The van der Waals surface area contributed by atoms with Crippen LogP contribution in [0.1, 0.15) is 34.2 Å². The second-order valence-electron chi connectivity index (χ2n) is 6.25. The monoisotopic (exact) mass is 338 g/mol. The Hall–Kier alpha value is -2.80. The van der Waals surface area contributed by atoms with E-state index >= 15 is 0 Å². The maximum Gasteiger partial charge on any atom is 0.419 e. The van der Waals surface area contributed by atoms with Gasteiger partial charge in [0.1, 0.15) is 0 Å². The van der Waals surface area contributed by atoms with Crippen LogP contribution in [-0.4, -0.2) is 4.57 Å². The van der Waals surface area contributed by atoms with Gasteiger partial charge in [0.05, 0.1) is 11.6 Å². The molecule has 0 unspecified atom stereocenters. The van der Waals surface area contributed by atoms with Crippen LogP contribution >= 0.6 is 0 Å². The van der Waals surface area contributed by atoms with Gasteiger partial charge >= 0.3 is 5.76 Å². The number of nitrogens with zero attached hydrogens (tertiary/aromatic N) is 2. The van der Waals surface area contributed by atoms with Crippen LogP contribution < -0.4 is 5.76 Å². The van der Waals surface area contributed by atoms with E-state index < -0.39 is 0 Å². The average molecular weight is 338 g/mol. The molecule has 0 saturated carbocycles. The van der Waals surface area contributed by atoms with E-state index in [2.05, 4.69) is 19.9 Å². The number of hydrogen-bond donors (Lipinski definition) is 0. The van der Waals surface area contributed by atoms with Gasteiger partial charge < -0.3 is 4.42 Å². The largest absolute Gasteiger partial charge is 0.419 e. The van der Waals surface area contributed by atoms with Crippen LogP contribution in [0.15, 0.2) is 51.7 Å². The summed E-state index contributed by atoms with van der Waals surface area (Å²) in [5.74, 6) is -0.337. The molecule has 0 fully saturated rings. The third-order valence-corrected chi connectivity index (χ3v) is 3.84. The van der Waals surface area contributed by atoms with E-state index in [0.29, 0.717) is 5.58 Å². The van der Waals surface area contributed by atoms with Crippen molar-refractivity contribution < 1.29 is 5.84 Å². The van der Waals surface area contributed by atoms with Crippen molar-refractivity contribution in [3.8, 4) is 17.2 Å². The fourth-order valence-electron chi connectivity index (χ4n) is 2.54. The second-order valence-corrected chi connectivity index (χ2v) is 6.25. The van der Waals surface area contributed by atoms with Gasteiger partial charge in [-0.25, -0.2) is 4.79 Å². The number of benzene rings is 2. The number of aromatic nitrogens is 1. The summed E-state index contributed by atoms with van der Waals surface area (Å²) < 4.78 is 6.64. The van der Waals surface area contributed by atoms with Crippen molar-refractivity contribution in [2.24, 2.45) is 13.0 Å². The Morgan fingerprint density at radius 2 is 1.76 bits per heavy atom. The summed E-state index contributed by atoms with van der Waals surface area (Å²) in [5, 5.41) is 8.87. The zero-order valence-corrected chi connectivity index (χ0v) is 15.2. The Labute approximate surface area is 149 Å². The molecule has 0 aliphatic carbocycles. The number of hydrogen-bond acceptors (Lipinski definition) is 3. The molecule has 1 atom stereocenters. The Morgan fingerprint density at radius 1 is 1.16 bits per heavy atom. The molecule has 0 aliphatic heterocycles. The molecule has 4 nitrogen and oxygen atoms in total. The van der Waals surface area contributed by atoms with Crippen molar-refractivity contribution in [3.05, 3.63) is 58.6 Å². The highest BCUT2D eigenvalue weighted by molar-refractivity contribution is 5.80. The molecule has 2 aromatic carbocycles. The highest BCUT2D eigenvalue weighted by Gasteiger charge is 2.08. The van der Waals surface area contributed by atoms with E-state index in [0.717, 1.165) is 28.6 Å². The highest BCUT2D eigenvalue weighted by atomic mass is 16.4. The molecule has 3 rings (SSSR count). The third-order valence-electron chi connectivity index (χ3n) is 3.84. The SMILES string of the molecule is CCC.C[C@H](C#N)Cc1ccc(-c2ccc3oc(=O)n(C)c3c2)cc1.[HH]. The molecule has 25 heavy (non-hydrogen) atoms. The van der Waals surface area contributed by atoms with Crippen LogP contribution in [0, 0.1) is 17.2 Å². The molecule has 0 spiro atoms. The molecule has 0 amide bonds. The van der Waals surface area contributed by atoms with Crippen molar-refractivity contribution >= 4 is 11.1 Å². The number of rotatable bonds is 3. The van der Waals surface area contributed by atoms with Crippen LogP contribution in [0.25, 0.3) is 22.2 Å². The van der Waals surface area contributed by atoms with Crippen LogP contribution in [0.3, 0.4) is 0 Å². The summed E-state index contributed by atoms with van der Waals surface area (Å²) in [6.45, 7) is 6.17. The first-order valence-electron chi connectivity index (χ1n) is 8.58. The predicted molar refractivity (Wildman–Crippen MR) is 103 cm³/mol. The summed E-state index contributed by atoms with van der Waals surface area (Å²) >= 11 is 0. The summed E-state index contributed by atoms with van der Waals surface area (Å²) in [4.78, 5) is 11.5. The van der Waals surface area contributed by atoms with Crippen molar-refractivity contribution in [2.45, 2.75) is 33.6 Å². The summed E-state index contributed by atoms with van der Waals surface area (Å²) in [7, 11) is 1.70. The molecule has 3 aromatic rings. The van der Waals surface area contributed by atoms with Crippen molar-refractivity contribution in [1.29, 1.82) is 5.26 Å². The molecule has 0 radical (unpaired) electrons. The lowest BCUT2D eigenvalue weighted by Gasteiger charge is -2.06. The first-order chi connectivity index (χ1) is 12.0. The van der Waals surface area contributed by atoms with Gasteiger partial charge in [-0.05, 0) is 42.2 Å². The lowest BCUT2D eigenvalue weighted by atomic mass is 9.99. The Balaban J connectivity index is 0.000000791.